The zero-order valence-electron chi connectivity index (χ0n) is 18.3. The van der Waals surface area contributed by atoms with Crippen LogP contribution in [0.2, 0.25) is 0 Å². The summed E-state index contributed by atoms with van der Waals surface area (Å²) in [6, 6.07) is 6.04. The van der Waals surface area contributed by atoms with Crippen LogP contribution in [0.15, 0.2) is 18.2 Å². The molecule has 7 heteroatoms. The van der Waals surface area contributed by atoms with Gasteiger partial charge in [-0.05, 0) is 45.5 Å². The molecule has 1 amide bonds. The maximum atomic E-state index is 12.8. The average Bonchev–Trinajstić information content (AvgIpc) is 2.97. The van der Waals surface area contributed by atoms with Crippen LogP contribution in [-0.2, 0) is 24.3 Å². The van der Waals surface area contributed by atoms with E-state index in [1.807, 2.05) is 30.7 Å². The maximum absolute atomic E-state index is 12.8. The number of nitrogens with zero attached hydrogens (tertiary/aromatic N) is 4. The molecule has 1 fully saturated rings. The number of nitrogens with one attached hydrogen (secondary N) is 1. The van der Waals surface area contributed by atoms with Crippen molar-refractivity contribution in [1.82, 2.24) is 19.6 Å². The Labute approximate surface area is 173 Å². The van der Waals surface area contributed by atoms with Gasteiger partial charge in [-0.25, -0.2) is 0 Å². The molecule has 7 nitrogen and oxygen atoms in total. The third kappa shape index (κ3) is 5.16. The third-order valence-corrected chi connectivity index (χ3v) is 5.71. The van der Waals surface area contributed by atoms with E-state index in [4.69, 9.17) is 4.74 Å². The second-order valence-electron chi connectivity index (χ2n) is 7.80. The number of anilines is 1. The molecule has 3 rings (SSSR count). The fraction of sp³-hybridized carbons (Fsp3) is 0.545. The predicted molar refractivity (Wildman–Crippen MR) is 115 cm³/mol. The molecule has 29 heavy (non-hydrogen) atoms. The minimum absolute atomic E-state index is 0.0538. The molecule has 1 aromatic heterocycles. The second-order valence-corrected chi connectivity index (χ2v) is 7.80. The first-order valence-corrected chi connectivity index (χ1v) is 10.3. The molecule has 1 aliphatic heterocycles. The zero-order chi connectivity index (χ0) is 21.0. The SMILES string of the molecule is CCn1nc(C)c(CC(=O)Nc2cc(CN3CCN(C)CC3)ccc2OC)c1C. The number of hydrogen-bond donors (Lipinski definition) is 1. The number of rotatable bonds is 7. The number of aryl methyl sites for hydroxylation is 2. The Hall–Kier alpha value is -2.38. The summed E-state index contributed by atoms with van der Waals surface area (Å²) in [6.45, 7) is 12.0. The van der Waals surface area contributed by atoms with Crippen molar-refractivity contribution in [3.63, 3.8) is 0 Å². The van der Waals surface area contributed by atoms with Crippen LogP contribution < -0.4 is 10.1 Å². The zero-order valence-corrected chi connectivity index (χ0v) is 18.3. The smallest absolute Gasteiger partial charge is 0.229 e. The van der Waals surface area contributed by atoms with E-state index in [0.717, 1.165) is 61.9 Å². The number of carbonyl (C=O) groups excluding carboxylic acids is 1. The van der Waals surface area contributed by atoms with Crippen molar-refractivity contribution in [3.8, 4) is 5.75 Å². The van der Waals surface area contributed by atoms with Gasteiger partial charge >= 0.3 is 0 Å². The van der Waals surface area contributed by atoms with E-state index >= 15 is 0 Å². The lowest BCUT2D eigenvalue weighted by atomic mass is 10.1. The van der Waals surface area contributed by atoms with Crippen molar-refractivity contribution in [2.75, 3.05) is 45.7 Å². The van der Waals surface area contributed by atoms with Gasteiger partial charge in [0, 0.05) is 50.5 Å². The number of ether oxygens (including phenoxy) is 1. The summed E-state index contributed by atoms with van der Waals surface area (Å²) in [7, 11) is 3.79. The summed E-state index contributed by atoms with van der Waals surface area (Å²) < 4.78 is 7.41. The van der Waals surface area contributed by atoms with Crippen LogP contribution in [-0.4, -0.2) is 65.8 Å². The summed E-state index contributed by atoms with van der Waals surface area (Å²) in [4.78, 5) is 17.6. The molecular weight excluding hydrogens is 366 g/mol. The van der Waals surface area contributed by atoms with E-state index in [0.29, 0.717) is 12.2 Å². The van der Waals surface area contributed by atoms with E-state index < -0.39 is 0 Å². The Morgan fingerprint density at radius 2 is 1.93 bits per heavy atom. The Morgan fingerprint density at radius 1 is 1.21 bits per heavy atom. The summed E-state index contributed by atoms with van der Waals surface area (Å²) in [6.07, 6.45) is 0.309. The van der Waals surface area contributed by atoms with Crippen molar-refractivity contribution in [1.29, 1.82) is 0 Å². The number of aromatic nitrogens is 2. The van der Waals surface area contributed by atoms with Crippen molar-refractivity contribution in [3.05, 3.63) is 40.7 Å². The van der Waals surface area contributed by atoms with Crippen molar-refractivity contribution < 1.29 is 9.53 Å². The molecule has 1 N–H and O–H groups in total. The highest BCUT2D eigenvalue weighted by molar-refractivity contribution is 5.94. The molecule has 0 aliphatic carbocycles. The topological polar surface area (TPSA) is 62.6 Å². The van der Waals surface area contributed by atoms with E-state index in [1.54, 1.807) is 7.11 Å². The van der Waals surface area contributed by atoms with Gasteiger partial charge in [-0.15, -0.1) is 0 Å². The van der Waals surface area contributed by atoms with Crippen molar-refractivity contribution in [2.45, 2.75) is 40.3 Å². The van der Waals surface area contributed by atoms with Gasteiger partial charge in [0.25, 0.3) is 0 Å². The first kappa shape index (κ1) is 21.3. The number of methoxy groups -OCH3 is 1. The quantitative estimate of drug-likeness (QED) is 0.775. The van der Waals surface area contributed by atoms with Crippen LogP contribution in [0.4, 0.5) is 5.69 Å². The average molecular weight is 400 g/mol. The van der Waals surface area contributed by atoms with E-state index in [1.165, 1.54) is 5.56 Å². The van der Waals surface area contributed by atoms with Crippen molar-refractivity contribution in [2.24, 2.45) is 0 Å². The second kappa shape index (κ2) is 9.41. The molecule has 1 aromatic carbocycles. The lowest BCUT2D eigenvalue weighted by molar-refractivity contribution is -0.115. The monoisotopic (exact) mass is 399 g/mol. The lowest BCUT2D eigenvalue weighted by Crippen LogP contribution is -2.43. The molecule has 0 spiro atoms. The molecule has 0 saturated carbocycles. The van der Waals surface area contributed by atoms with Crippen LogP contribution in [0.1, 0.15) is 29.4 Å². The largest absolute Gasteiger partial charge is 0.495 e. The third-order valence-electron chi connectivity index (χ3n) is 5.71. The first-order chi connectivity index (χ1) is 13.9. The summed E-state index contributed by atoms with van der Waals surface area (Å²) in [5.41, 5.74) is 4.86. The highest BCUT2D eigenvalue weighted by atomic mass is 16.5. The van der Waals surface area contributed by atoms with Gasteiger partial charge in [-0.3, -0.25) is 14.4 Å². The first-order valence-electron chi connectivity index (χ1n) is 10.3. The molecule has 1 aliphatic rings. The molecule has 0 radical (unpaired) electrons. The number of amides is 1. The predicted octanol–water partition coefficient (Wildman–Crippen LogP) is 2.46. The molecule has 2 aromatic rings. The number of benzene rings is 1. The highest BCUT2D eigenvalue weighted by Crippen LogP contribution is 2.27. The van der Waals surface area contributed by atoms with Crippen LogP contribution in [0.5, 0.6) is 5.75 Å². The fourth-order valence-electron chi connectivity index (χ4n) is 3.87. The van der Waals surface area contributed by atoms with Gasteiger partial charge in [0.05, 0.1) is 24.9 Å². The molecule has 2 heterocycles. The molecular formula is C22H33N5O2. The van der Waals surface area contributed by atoms with Crippen LogP contribution in [0, 0.1) is 13.8 Å². The molecule has 0 unspecified atom stereocenters. The minimum Gasteiger partial charge on any atom is -0.495 e. The summed E-state index contributed by atoms with van der Waals surface area (Å²) in [5, 5.41) is 7.56. The molecule has 1 saturated heterocycles. The molecule has 0 atom stereocenters. The van der Waals surface area contributed by atoms with E-state index in [2.05, 4.69) is 40.3 Å². The van der Waals surface area contributed by atoms with Gasteiger partial charge in [-0.1, -0.05) is 6.07 Å². The minimum atomic E-state index is -0.0538. The van der Waals surface area contributed by atoms with Gasteiger partial charge in [0.2, 0.25) is 5.91 Å². The molecule has 0 bridgehead atoms. The van der Waals surface area contributed by atoms with Crippen molar-refractivity contribution >= 4 is 11.6 Å². The Kier molecular flexibility index (Phi) is 6.92. The van der Waals surface area contributed by atoms with Gasteiger partial charge in [0.1, 0.15) is 5.75 Å². The highest BCUT2D eigenvalue weighted by Gasteiger charge is 2.17. The van der Waals surface area contributed by atoms with Crippen LogP contribution in [0.25, 0.3) is 0 Å². The lowest BCUT2D eigenvalue weighted by Gasteiger charge is -2.32. The van der Waals surface area contributed by atoms with E-state index in [-0.39, 0.29) is 5.91 Å². The Morgan fingerprint density at radius 3 is 2.55 bits per heavy atom. The number of hydrogen-bond acceptors (Lipinski definition) is 5. The standard InChI is InChI=1S/C22H33N5O2/c1-6-27-17(3)19(16(2)24-27)14-22(28)23-20-13-18(7-8-21(20)29-5)15-26-11-9-25(4)10-12-26/h7-8,13H,6,9-12,14-15H2,1-5H3,(H,23,28). The Bertz CT molecular complexity index is 853. The van der Waals surface area contributed by atoms with E-state index in [9.17, 15) is 4.79 Å². The number of carbonyl (C=O) groups is 1. The van der Waals surface area contributed by atoms with Crippen LogP contribution >= 0.6 is 0 Å². The van der Waals surface area contributed by atoms with Gasteiger partial charge in [0.15, 0.2) is 0 Å². The summed E-state index contributed by atoms with van der Waals surface area (Å²) >= 11 is 0. The number of likely N-dealkylation sites (N-methyl/N-ethyl adjacent to an activating group) is 1. The van der Waals surface area contributed by atoms with Gasteiger partial charge in [-0.2, -0.15) is 5.10 Å². The normalized spacial score (nSPS) is 15.5. The molecule has 158 valence electrons. The summed E-state index contributed by atoms with van der Waals surface area (Å²) in [5.74, 6) is 0.625. The Balaban J connectivity index is 1.70. The van der Waals surface area contributed by atoms with Crippen LogP contribution in [0.3, 0.4) is 0 Å². The number of piperazine rings is 1. The fourth-order valence-corrected chi connectivity index (χ4v) is 3.87. The maximum Gasteiger partial charge on any atom is 0.229 e. The van der Waals surface area contributed by atoms with Gasteiger partial charge < -0.3 is 15.0 Å².